The van der Waals surface area contributed by atoms with E-state index in [1.807, 2.05) is 0 Å². The average Bonchev–Trinajstić information content (AvgIpc) is 2.59. The number of ether oxygens (including phenoxy) is 1. The Labute approximate surface area is 81.0 Å². The molecule has 14 heavy (non-hydrogen) atoms. The second-order valence-corrected chi connectivity index (χ2v) is 3.21. The third kappa shape index (κ3) is 1.28. The van der Waals surface area contributed by atoms with E-state index in [0.29, 0.717) is 18.9 Å². The molecule has 0 atom stereocenters. The van der Waals surface area contributed by atoms with Gasteiger partial charge in [-0.05, 0) is 6.42 Å². The van der Waals surface area contributed by atoms with Gasteiger partial charge in [0.2, 0.25) is 0 Å². The zero-order valence-corrected chi connectivity index (χ0v) is 7.91. The van der Waals surface area contributed by atoms with Crippen LogP contribution in [-0.4, -0.2) is 34.8 Å². The highest BCUT2D eigenvalue weighted by atomic mass is 16.5. The van der Waals surface area contributed by atoms with Gasteiger partial charge in [0.1, 0.15) is 5.82 Å². The van der Waals surface area contributed by atoms with Gasteiger partial charge in [0, 0.05) is 12.1 Å². The van der Waals surface area contributed by atoms with Crippen LogP contribution >= 0.6 is 0 Å². The molecule has 1 aliphatic rings. The molecule has 0 saturated heterocycles. The Balaban J connectivity index is 2.18. The van der Waals surface area contributed by atoms with Crippen LogP contribution in [0.3, 0.4) is 0 Å². The summed E-state index contributed by atoms with van der Waals surface area (Å²) in [5.74, 6) is 0.532. The Kier molecular flexibility index (Phi) is 2.03. The topological polar surface area (TPSA) is 84.2 Å². The van der Waals surface area contributed by atoms with E-state index >= 15 is 0 Å². The minimum absolute atomic E-state index is 0.316. The highest BCUT2D eigenvalue weighted by Crippen LogP contribution is 2.21. The largest absolute Gasteiger partial charge is 0.453 e. The first-order chi connectivity index (χ1) is 6.72. The Bertz CT molecular complexity index is 360. The van der Waals surface area contributed by atoms with Crippen molar-refractivity contribution in [3.8, 4) is 0 Å². The molecule has 0 spiro atoms. The van der Waals surface area contributed by atoms with Crippen LogP contribution in [-0.2, 0) is 17.7 Å². The summed E-state index contributed by atoms with van der Waals surface area (Å²) < 4.78 is 4.63. The number of methoxy groups -OCH3 is 1. The van der Waals surface area contributed by atoms with E-state index in [1.54, 1.807) is 4.90 Å². The quantitative estimate of drug-likeness (QED) is 0.617. The lowest BCUT2D eigenvalue weighted by Gasteiger charge is -2.24. The predicted molar refractivity (Wildman–Crippen MR) is 49.5 cm³/mol. The van der Waals surface area contributed by atoms with Crippen LogP contribution in [0.25, 0.3) is 0 Å². The number of nitrogens with one attached hydrogen (secondary N) is 1. The molecule has 6 nitrogen and oxygen atoms in total. The third-order valence-corrected chi connectivity index (χ3v) is 2.40. The number of nitrogens with two attached hydrogens (primary N) is 1. The van der Waals surface area contributed by atoms with E-state index in [4.69, 9.17) is 5.73 Å². The zero-order chi connectivity index (χ0) is 10.1. The number of anilines is 1. The van der Waals surface area contributed by atoms with Crippen LogP contribution in [0.1, 0.15) is 11.3 Å². The van der Waals surface area contributed by atoms with Crippen LogP contribution < -0.4 is 5.73 Å². The molecule has 3 N–H and O–H groups in total. The summed E-state index contributed by atoms with van der Waals surface area (Å²) in [7, 11) is 1.37. The van der Waals surface area contributed by atoms with Crippen molar-refractivity contribution in [1.82, 2.24) is 15.1 Å². The lowest BCUT2D eigenvalue weighted by Crippen LogP contribution is -2.35. The van der Waals surface area contributed by atoms with Gasteiger partial charge in [0.15, 0.2) is 0 Å². The van der Waals surface area contributed by atoms with Crippen molar-refractivity contribution in [1.29, 1.82) is 0 Å². The lowest BCUT2D eigenvalue weighted by molar-refractivity contribution is 0.118. The summed E-state index contributed by atoms with van der Waals surface area (Å²) in [6.45, 7) is 1.12. The second-order valence-electron chi connectivity index (χ2n) is 3.21. The molecule has 0 fully saturated rings. The van der Waals surface area contributed by atoms with Crippen molar-refractivity contribution in [3.63, 3.8) is 0 Å². The first-order valence-corrected chi connectivity index (χ1v) is 4.37. The van der Waals surface area contributed by atoms with Gasteiger partial charge in [0.25, 0.3) is 0 Å². The fraction of sp³-hybridized carbons (Fsp3) is 0.500. The predicted octanol–water partition coefficient (Wildman–Crippen LogP) is 0.116. The number of rotatable bonds is 0. The molecule has 0 aliphatic carbocycles. The number of fused-ring (bicyclic) bond motifs is 1. The molecular weight excluding hydrogens is 184 g/mol. The van der Waals surface area contributed by atoms with E-state index in [9.17, 15) is 4.79 Å². The minimum atomic E-state index is -0.316. The smallest absolute Gasteiger partial charge is 0.409 e. The zero-order valence-electron chi connectivity index (χ0n) is 7.91. The van der Waals surface area contributed by atoms with E-state index in [0.717, 1.165) is 17.7 Å². The van der Waals surface area contributed by atoms with Crippen molar-refractivity contribution in [2.75, 3.05) is 19.4 Å². The highest BCUT2D eigenvalue weighted by Gasteiger charge is 2.24. The van der Waals surface area contributed by atoms with Crippen LogP contribution in [0.5, 0.6) is 0 Å². The number of carbonyl (C=O) groups is 1. The van der Waals surface area contributed by atoms with E-state index in [1.165, 1.54) is 7.11 Å². The normalized spacial score (nSPS) is 15.1. The fourth-order valence-corrected chi connectivity index (χ4v) is 1.63. The molecule has 1 amide bonds. The third-order valence-electron chi connectivity index (χ3n) is 2.40. The number of aromatic amines is 1. The molecule has 2 heterocycles. The Morgan fingerprint density at radius 3 is 3.21 bits per heavy atom. The summed E-state index contributed by atoms with van der Waals surface area (Å²) in [6.07, 6.45) is 0.413. The van der Waals surface area contributed by atoms with Crippen molar-refractivity contribution in [2.45, 2.75) is 13.0 Å². The molecule has 0 unspecified atom stereocenters. The van der Waals surface area contributed by atoms with Gasteiger partial charge in [-0.1, -0.05) is 0 Å². The average molecular weight is 196 g/mol. The van der Waals surface area contributed by atoms with E-state index in [2.05, 4.69) is 14.9 Å². The number of hydrogen-bond acceptors (Lipinski definition) is 4. The fourth-order valence-electron chi connectivity index (χ4n) is 1.63. The maximum absolute atomic E-state index is 11.2. The van der Waals surface area contributed by atoms with Crippen molar-refractivity contribution < 1.29 is 9.53 Å². The van der Waals surface area contributed by atoms with Gasteiger partial charge in [-0.25, -0.2) is 4.79 Å². The second kappa shape index (κ2) is 3.21. The number of H-pyrrole nitrogens is 1. The first-order valence-electron chi connectivity index (χ1n) is 4.37. The standard InChI is InChI=1S/C8H12N4O2/c1-14-8(13)12-3-2-5-6(4-12)10-11-7(5)9/h2-4H2,1H3,(H3,9,10,11). The van der Waals surface area contributed by atoms with E-state index in [-0.39, 0.29) is 6.09 Å². The van der Waals surface area contributed by atoms with Crippen molar-refractivity contribution >= 4 is 11.9 Å². The molecule has 0 bridgehead atoms. The molecule has 0 saturated carbocycles. The molecule has 6 heteroatoms. The SMILES string of the molecule is COC(=O)N1CCc2c(N)n[nH]c2C1. The van der Waals surface area contributed by atoms with Gasteiger partial charge in [-0.3, -0.25) is 5.10 Å². The summed E-state index contributed by atoms with van der Waals surface area (Å²) >= 11 is 0. The number of aromatic nitrogens is 2. The summed E-state index contributed by atoms with van der Waals surface area (Å²) in [5.41, 5.74) is 7.56. The maximum Gasteiger partial charge on any atom is 0.409 e. The van der Waals surface area contributed by atoms with Crippen molar-refractivity contribution in [3.05, 3.63) is 11.3 Å². The van der Waals surface area contributed by atoms with Gasteiger partial charge in [-0.2, -0.15) is 5.10 Å². The molecule has 2 rings (SSSR count). The molecule has 76 valence electrons. The Morgan fingerprint density at radius 2 is 2.50 bits per heavy atom. The number of hydrogen-bond donors (Lipinski definition) is 2. The molecule has 1 aromatic rings. The molecule has 0 radical (unpaired) electrons. The Morgan fingerprint density at radius 1 is 1.71 bits per heavy atom. The van der Waals surface area contributed by atoms with E-state index < -0.39 is 0 Å². The van der Waals surface area contributed by atoms with Crippen LogP contribution in [0.2, 0.25) is 0 Å². The van der Waals surface area contributed by atoms with Crippen molar-refractivity contribution in [2.24, 2.45) is 0 Å². The van der Waals surface area contributed by atoms with Gasteiger partial charge < -0.3 is 15.4 Å². The highest BCUT2D eigenvalue weighted by molar-refractivity contribution is 5.68. The van der Waals surface area contributed by atoms with Crippen LogP contribution in [0, 0.1) is 0 Å². The minimum Gasteiger partial charge on any atom is -0.453 e. The monoisotopic (exact) mass is 196 g/mol. The molecule has 1 aliphatic heterocycles. The van der Waals surface area contributed by atoms with Gasteiger partial charge >= 0.3 is 6.09 Å². The maximum atomic E-state index is 11.2. The van der Waals surface area contributed by atoms with Gasteiger partial charge in [0.05, 0.1) is 19.3 Å². The summed E-state index contributed by atoms with van der Waals surface area (Å²) in [6, 6.07) is 0. The summed E-state index contributed by atoms with van der Waals surface area (Å²) in [5, 5.41) is 6.70. The number of nitrogen functional groups attached to an aromatic ring is 1. The summed E-state index contributed by atoms with van der Waals surface area (Å²) in [4.78, 5) is 12.8. The molecular formula is C8H12N4O2. The first kappa shape index (κ1) is 8.86. The number of carbonyl (C=O) groups excluding carboxylic acids is 1. The lowest BCUT2D eigenvalue weighted by atomic mass is 10.1. The van der Waals surface area contributed by atoms with Gasteiger partial charge in [-0.15, -0.1) is 0 Å². The number of nitrogens with zero attached hydrogens (tertiary/aromatic N) is 2. The van der Waals surface area contributed by atoms with Crippen LogP contribution in [0.4, 0.5) is 10.6 Å². The molecule has 1 aromatic heterocycles. The Hall–Kier alpha value is -1.72. The molecule has 0 aromatic carbocycles. The van der Waals surface area contributed by atoms with Crippen LogP contribution in [0.15, 0.2) is 0 Å². The number of amides is 1.